The second-order valence-corrected chi connectivity index (χ2v) is 5.10. The highest BCUT2D eigenvalue weighted by Gasteiger charge is 2.14. The Morgan fingerprint density at radius 2 is 2.14 bits per heavy atom. The summed E-state index contributed by atoms with van der Waals surface area (Å²) >= 11 is 6.06. The molecule has 6 heteroatoms. The predicted octanol–water partition coefficient (Wildman–Crippen LogP) is 4.57. The maximum atomic E-state index is 12.3. The quantitative estimate of drug-likeness (QED) is 0.791. The van der Waals surface area contributed by atoms with Crippen LogP contribution >= 0.6 is 38.6 Å². The summed E-state index contributed by atoms with van der Waals surface area (Å²) in [6, 6.07) is 1.88. The van der Waals surface area contributed by atoms with Gasteiger partial charge in [-0.05, 0) is 27.4 Å². The number of hydrogen-bond acceptors (Lipinski definition) is 3. The fourth-order valence-corrected chi connectivity index (χ4v) is 3.56. The first-order valence-electron chi connectivity index (χ1n) is 3.65. The van der Waals surface area contributed by atoms with Gasteiger partial charge in [-0.25, -0.2) is 13.8 Å². The largest absolute Gasteiger partial charge is 0.281 e. The van der Waals surface area contributed by atoms with E-state index in [1.807, 2.05) is 11.4 Å². The van der Waals surface area contributed by atoms with Gasteiger partial charge >= 0.3 is 0 Å². The van der Waals surface area contributed by atoms with Gasteiger partial charge < -0.3 is 0 Å². The second-order valence-electron chi connectivity index (χ2n) is 2.48. The summed E-state index contributed by atoms with van der Waals surface area (Å²) in [5, 5.41) is 3.93. The minimum Gasteiger partial charge on any atom is -0.234 e. The van der Waals surface area contributed by atoms with Crippen LogP contribution in [0.1, 0.15) is 12.1 Å². The lowest BCUT2D eigenvalue weighted by atomic mass is 10.5. The molecule has 74 valence electrons. The first-order chi connectivity index (χ1) is 6.68. The van der Waals surface area contributed by atoms with Gasteiger partial charge in [0.1, 0.15) is 10.7 Å². The average molecular weight is 296 g/mol. The van der Waals surface area contributed by atoms with Crippen LogP contribution in [0.25, 0.3) is 9.88 Å². The Morgan fingerprint density at radius 3 is 2.64 bits per heavy atom. The Kier molecular flexibility index (Phi) is 2.94. The van der Waals surface area contributed by atoms with Gasteiger partial charge in [0.25, 0.3) is 6.43 Å². The van der Waals surface area contributed by atoms with Crippen LogP contribution in [0, 0.1) is 0 Å². The molecule has 2 aromatic rings. The standard InChI is InChI=1S/C8H4BrF2NS2/c9-4-1-2-13-6(4)8-12-5(3-14-8)7(10)11/h1-3,7H. The zero-order chi connectivity index (χ0) is 10.1. The summed E-state index contributed by atoms with van der Waals surface area (Å²) < 4.78 is 25.4. The van der Waals surface area contributed by atoms with Crippen LogP contribution in [0.2, 0.25) is 0 Å². The van der Waals surface area contributed by atoms with E-state index in [-0.39, 0.29) is 5.69 Å². The molecule has 0 fully saturated rings. The third kappa shape index (κ3) is 1.87. The van der Waals surface area contributed by atoms with Crippen molar-refractivity contribution in [2.45, 2.75) is 6.43 Å². The molecule has 0 bridgehead atoms. The summed E-state index contributed by atoms with van der Waals surface area (Å²) in [5.41, 5.74) is -0.148. The molecule has 0 spiro atoms. The number of hydrogen-bond donors (Lipinski definition) is 0. The van der Waals surface area contributed by atoms with Crippen LogP contribution in [0.3, 0.4) is 0 Å². The molecular weight excluding hydrogens is 292 g/mol. The highest BCUT2D eigenvalue weighted by atomic mass is 79.9. The lowest BCUT2D eigenvalue weighted by Crippen LogP contribution is -1.82. The van der Waals surface area contributed by atoms with Crippen LogP contribution < -0.4 is 0 Å². The molecule has 14 heavy (non-hydrogen) atoms. The molecule has 0 saturated heterocycles. The number of thiazole rings is 1. The number of alkyl halides is 2. The minimum atomic E-state index is -2.49. The zero-order valence-corrected chi connectivity index (χ0v) is 9.93. The first kappa shape index (κ1) is 10.2. The predicted molar refractivity (Wildman–Crippen MR) is 58.1 cm³/mol. The number of aromatic nitrogens is 1. The molecule has 1 nitrogen and oxygen atoms in total. The molecule has 2 rings (SSSR count). The Morgan fingerprint density at radius 1 is 1.36 bits per heavy atom. The summed E-state index contributed by atoms with van der Waals surface area (Å²) in [7, 11) is 0. The van der Waals surface area contributed by atoms with Gasteiger partial charge in [-0.1, -0.05) is 0 Å². The highest BCUT2D eigenvalue weighted by molar-refractivity contribution is 9.10. The van der Waals surface area contributed by atoms with Crippen LogP contribution in [0.5, 0.6) is 0 Å². The lowest BCUT2D eigenvalue weighted by Gasteiger charge is -1.91. The van der Waals surface area contributed by atoms with Crippen molar-refractivity contribution in [3.8, 4) is 9.88 Å². The van der Waals surface area contributed by atoms with E-state index in [0.717, 1.165) is 9.35 Å². The topological polar surface area (TPSA) is 12.9 Å². The molecule has 0 aromatic carbocycles. The molecule has 0 amide bonds. The van der Waals surface area contributed by atoms with Gasteiger partial charge in [-0.2, -0.15) is 0 Å². The maximum Gasteiger partial charge on any atom is 0.281 e. The summed E-state index contributed by atoms with van der Waals surface area (Å²) in [4.78, 5) is 4.77. The molecule has 0 unspecified atom stereocenters. The molecule has 0 aliphatic heterocycles. The molecule has 0 N–H and O–H groups in total. The van der Waals surface area contributed by atoms with Crippen molar-refractivity contribution in [3.05, 3.63) is 27.0 Å². The van der Waals surface area contributed by atoms with Gasteiger partial charge in [0.15, 0.2) is 0 Å². The summed E-state index contributed by atoms with van der Waals surface area (Å²) in [5.74, 6) is 0. The van der Waals surface area contributed by atoms with E-state index in [4.69, 9.17) is 0 Å². The normalized spacial score (nSPS) is 11.1. The van der Waals surface area contributed by atoms with E-state index in [1.54, 1.807) is 0 Å². The number of halogens is 3. The lowest BCUT2D eigenvalue weighted by molar-refractivity contribution is 0.147. The van der Waals surface area contributed by atoms with Crippen molar-refractivity contribution in [2.75, 3.05) is 0 Å². The van der Waals surface area contributed by atoms with E-state index in [0.29, 0.717) is 5.01 Å². The monoisotopic (exact) mass is 295 g/mol. The van der Waals surface area contributed by atoms with Crippen molar-refractivity contribution in [1.82, 2.24) is 4.98 Å². The van der Waals surface area contributed by atoms with Crippen LogP contribution in [-0.4, -0.2) is 4.98 Å². The van der Waals surface area contributed by atoms with Crippen molar-refractivity contribution in [1.29, 1.82) is 0 Å². The van der Waals surface area contributed by atoms with E-state index < -0.39 is 6.43 Å². The smallest absolute Gasteiger partial charge is 0.234 e. The van der Waals surface area contributed by atoms with E-state index in [9.17, 15) is 8.78 Å². The van der Waals surface area contributed by atoms with Gasteiger partial charge in [-0.15, -0.1) is 22.7 Å². The van der Waals surface area contributed by atoms with Crippen LogP contribution in [0.4, 0.5) is 8.78 Å². The zero-order valence-electron chi connectivity index (χ0n) is 6.71. The molecular formula is C8H4BrF2NS2. The van der Waals surface area contributed by atoms with Gasteiger partial charge in [0, 0.05) is 9.85 Å². The van der Waals surface area contributed by atoms with E-state index in [2.05, 4.69) is 20.9 Å². The molecule has 0 aliphatic carbocycles. The third-order valence-electron chi connectivity index (χ3n) is 1.56. The van der Waals surface area contributed by atoms with Gasteiger partial charge in [-0.3, -0.25) is 0 Å². The van der Waals surface area contributed by atoms with Crippen molar-refractivity contribution in [3.63, 3.8) is 0 Å². The summed E-state index contributed by atoms with van der Waals surface area (Å²) in [6.07, 6.45) is -2.49. The number of rotatable bonds is 2. The van der Waals surface area contributed by atoms with E-state index >= 15 is 0 Å². The highest BCUT2D eigenvalue weighted by Crippen LogP contribution is 2.36. The van der Waals surface area contributed by atoms with Crippen molar-refractivity contribution in [2.24, 2.45) is 0 Å². The fraction of sp³-hybridized carbons (Fsp3) is 0.125. The van der Waals surface area contributed by atoms with Gasteiger partial charge in [0.2, 0.25) is 0 Å². The molecule has 2 heterocycles. The number of nitrogens with zero attached hydrogens (tertiary/aromatic N) is 1. The molecule has 2 aromatic heterocycles. The SMILES string of the molecule is FC(F)c1csc(-c2sccc2Br)n1. The van der Waals surface area contributed by atoms with Crippen molar-refractivity contribution >= 4 is 38.6 Å². The number of thiophene rings is 1. The Labute approximate surface area is 95.6 Å². The minimum absolute atomic E-state index is 0.148. The molecule has 0 atom stereocenters. The third-order valence-corrected chi connectivity index (χ3v) is 4.41. The Balaban J connectivity index is 2.39. The average Bonchev–Trinajstić information content (AvgIpc) is 2.71. The molecule has 0 aliphatic rings. The van der Waals surface area contributed by atoms with Crippen molar-refractivity contribution < 1.29 is 8.78 Å². The Bertz CT molecular complexity index is 438. The molecule has 0 radical (unpaired) electrons. The van der Waals surface area contributed by atoms with Crippen LogP contribution in [-0.2, 0) is 0 Å². The second kappa shape index (κ2) is 4.04. The maximum absolute atomic E-state index is 12.3. The fourth-order valence-electron chi connectivity index (χ4n) is 0.937. The van der Waals surface area contributed by atoms with Crippen LogP contribution in [0.15, 0.2) is 21.3 Å². The molecule has 0 saturated carbocycles. The summed E-state index contributed by atoms with van der Waals surface area (Å²) in [6.45, 7) is 0. The first-order valence-corrected chi connectivity index (χ1v) is 6.20. The Hall–Kier alpha value is -0.330. The van der Waals surface area contributed by atoms with E-state index in [1.165, 1.54) is 28.1 Å². The van der Waals surface area contributed by atoms with Gasteiger partial charge in [0.05, 0.1) is 4.88 Å².